The Hall–Kier alpha value is -1.36. The van der Waals surface area contributed by atoms with Crippen molar-refractivity contribution in [3.05, 3.63) is 40.4 Å². The van der Waals surface area contributed by atoms with Crippen LogP contribution in [0.4, 0.5) is 5.69 Å². The number of nitrogens with two attached hydrogens (primary N) is 1. The van der Waals surface area contributed by atoms with E-state index in [9.17, 15) is 0 Å². The number of aromatic nitrogens is 3. The lowest BCUT2D eigenvalue weighted by Gasteiger charge is -2.04. The summed E-state index contributed by atoms with van der Waals surface area (Å²) in [6, 6.07) is 2.02. The molecule has 0 atom stereocenters. The molecule has 2 aromatic heterocycles. The van der Waals surface area contributed by atoms with Gasteiger partial charge in [0, 0.05) is 16.9 Å². The van der Waals surface area contributed by atoms with E-state index in [1.165, 1.54) is 0 Å². The third kappa shape index (κ3) is 2.18. The Morgan fingerprint density at radius 2 is 2.20 bits per heavy atom. The average molecular weight is 267 g/mol. The Kier molecular flexibility index (Phi) is 2.73. The van der Waals surface area contributed by atoms with Gasteiger partial charge in [-0.1, -0.05) is 0 Å². The van der Waals surface area contributed by atoms with Crippen molar-refractivity contribution in [1.29, 1.82) is 0 Å². The van der Waals surface area contributed by atoms with Crippen LogP contribution in [0.3, 0.4) is 0 Å². The zero-order chi connectivity index (χ0) is 10.8. The summed E-state index contributed by atoms with van der Waals surface area (Å²) in [4.78, 5) is 4.10. The number of nitrogen functional groups attached to an aromatic ring is 1. The van der Waals surface area contributed by atoms with E-state index >= 15 is 0 Å². The maximum Gasteiger partial charge on any atom is 0.0730 e. The van der Waals surface area contributed by atoms with Crippen molar-refractivity contribution in [2.24, 2.45) is 0 Å². The second-order valence-electron chi connectivity index (χ2n) is 3.35. The first kappa shape index (κ1) is 10.2. The monoisotopic (exact) mass is 266 g/mol. The van der Waals surface area contributed by atoms with E-state index in [1.807, 2.05) is 23.9 Å². The fourth-order valence-corrected chi connectivity index (χ4v) is 1.75. The van der Waals surface area contributed by atoms with Gasteiger partial charge in [0.05, 0.1) is 24.1 Å². The molecule has 4 nitrogen and oxygen atoms in total. The van der Waals surface area contributed by atoms with Crippen LogP contribution in [0, 0.1) is 6.92 Å². The third-order valence-electron chi connectivity index (χ3n) is 2.23. The number of hydrogen-bond acceptors (Lipinski definition) is 3. The SMILES string of the molecule is Cc1c(N)cnn1Cc1cncc(Br)c1. The maximum atomic E-state index is 5.72. The van der Waals surface area contributed by atoms with Crippen LogP contribution in [0.15, 0.2) is 29.1 Å². The fraction of sp³-hybridized carbons (Fsp3) is 0.200. The highest BCUT2D eigenvalue weighted by Crippen LogP contribution is 2.13. The van der Waals surface area contributed by atoms with Crippen LogP contribution < -0.4 is 5.73 Å². The van der Waals surface area contributed by atoms with Gasteiger partial charge in [0.1, 0.15) is 0 Å². The first-order valence-electron chi connectivity index (χ1n) is 4.54. The van der Waals surface area contributed by atoms with Gasteiger partial charge in [-0.15, -0.1) is 0 Å². The quantitative estimate of drug-likeness (QED) is 0.905. The third-order valence-corrected chi connectivity index (χ3v) is 2.67. The highest BCUT2D eigenvalue weighted by Gasteiger charge is 2.03. The normalized spacial score (nSPS) is 10.5. The maximum absolute atomic E-state index is 5.72. The van der Waals surface area contributed by atoms with Gasteiger partial charge in [0.2, 0.25) is 0 Å². The highest BCUT2D eigenvalue weighted by molar-refractivity contribution is 9.10. The topological polar surface area (TPSA) is 56.7 Å². The molecule has 0 saturated heterocycles. The smallest absolute Gasteiger partial charge is 0.0730 e. The van der Waals surface area contributed by atoms with Gasteiger partial charge in [-0.05, 0) is 34.5 Å². The summed E-state index contributed by atoms with van der Waals surface area (Å²) >= 11 is 3.38. The molecule has 0 aliphatic heterocycles. The second kappa shape index (κ2) is 4.02. The van der Waals surface area contributed by atoms with Crippen LogP contribution in [0.2, 0.25) is 0 Å². The predicted octanol–water partition coefficient (Wildman–Crippen LogP) is 1.98. The van der Waals surface area contributed by atoms with E-state index in [0.717, 1.165) is 21.4 Å². The molecule has 78 valence electrons. The molecule has 15 heavy (non-hydrogen) atoms. The van der Waals surface area contributed by atoms with Crippen molar-refractivity contribution < 1.29 is 0 Å². The van der Waals surface area contributed by atoms with Crippen molar-refractivity contribution in [3.63, 3.8) is 0 Å². The first-order chi connectivity index (χ1) is 7.16. The molecule has 0 spiro atoms. The molecule has 0 aromatic carbocycles. The molecule has 2 heterocycles. The summed E-state index contributed by atoms with van der Waals surface area (Å²) in [6.07, 6.45) is 5.25. The zero-order valence-corrected chi connectivity index (χ0v) is 9.90. The molecule has 2 rings (SSSR count). The minimum atomic E-state index is 0.690. The van der Waals surface area contributed by atoms with E-state index in [-0.39, 0.29) is 0 Å². The predicted molar refractivity (Wildman–Crippen MR) is 62.4 cm³/mol. The van der Waals surface area contributed by atoms with Gasteiger partial charge < -0.3 is 5.73 Å². The van der Waals surface area contributed by atoms with Crippen LogP contribution >= 0.6 is 15.9 Å². The van der Waals surface area contributed by atoms with Gasteiger partial charge in [-0.3, -0.25) is 9.67 Å². The Balaban J connectivity index is 2.26. The summed E-state index contributed by atoms with van der Waals surface area (Å²) < 4.78 is 2.83. The number of nitrogens with zero attached hydrogens (tertiary/aromatic N) is 3. The second-order valence-corrected chi connectivity index (χ2v) is 4.27. The van der Waals surface area contributed by atoms with Crippen LogP contribution in [-0.4, -0.2) is 14.8 Å². The highest BCUT2D eigenvalue weighted by atomic mass is 79.9. The lowest BCUT2D eigenvalue weighted by Crippen LogP contribution is -2.04. The molecule has 0 radical (unpaired) electrons. The fourth-order valence-electron chi connectivity index (χ4n) is 1.34. The minimum Gasteiger partial charge on any atom is -0.396 e. The molecular weight excluding hydrogens is 256 g/mol. The van der Waals surface area contributed by atoms with Crippen LogP contribution in [0.5, 0.6) is 0 Å². The Bertz CT molecular complexity index is 478. The summed E-state index contributed by atoms with van der Waals surface area (Å²) in [5, 5.41) is 4.19. The number of rotatable bonds is 2. The molecule has 0 unspecified atom stereocenters. The van der Waals surface area contributed by atoms with Gasteiger partial charge in [0.15, 0.2) is 0 Å². The molecule has 0 saturated carbocycles. The molecule has 0 amide bonds. The molecule has 0 aliphatic carbocycles. The van der Waals surface area contributed by atoms with Crippen molar-refractivity contribution in [3.8, 4) is 0 Å². The number of anilines is 1. The molecule has 2 N–H and O–H groups in total. The van der Waals surface area contributed by atoms with Gasteiger partial charge in [0.25, 0.3) is 0 Å². The van der Waals surface area contributed by atoms with Gasteiger partial charge in [-0.25, -0.2) is 0 Å². The van der Waals surface area contributed by atoms with Gasteiger partial charge in [-0.2, -0.15) is 5.10 Å². The summed E-state index contributed by atoms with van der Waals surface area (Å²) in [7, 11) is 0. The van der Waals surface area contributed by atoms with Crippen LogP contribution in [0.1, 0.15) is 11.3 Å². The van der Waals surface area contributed by atoms with Crippen molar-refractivity contribution >= 4 is 21.6 Å². The van der Waals surface area contributed by atoms with Crippen molar-refractivity contribution in [2.75, 3.05) is 5.73 Å². The molecular formula is C10H11BrN4. The molecule has 2 aromatic rings. The Labute approximate surface area is 96.3 Å². The lowest BCUT2D eigenvalue weighted by atomic mass is 10.3. The van der Waals surface area contributed by atoms with E-state index in [4.69, 9.17) is 5.73 Å². The Morgan fingerprint density at radius 3 is 2.80 bits per heavy atom. The van der Waals surface area contributed by atoms with E-state index in [0.29, 0.717) is 6.54 Å². The average Bonchev–Trinajstić information content (AvgIpc) is 2.50. The van der Waals surface area contributed by atoms with Gasteiger partial charge >= 0.3 is 0 Å². The number of hydrogen-bond donors (Lipinski definition) is 1. The molecule has 0 aliphatic rings. The van der Waals surface area contributed by atoms with Crippen LogP contribution in [-0.2, 0) is 6.54 Å². The summed E-state index contributed by atoms with van der Waals surface area (Å²) in [6.45, 7) is 2.64. The van der Waals surface area contributed by atoms with Crippen molar-refractivity contribution in [2.45, 2.75) is 13.5 Å². The van der Waals surface area contributed by atoms with Crippen molar-refractivity contribution in [1.82, 2.24) is 14.8 Å². The molecule has 5 heteroatoms. The molecule has 0 bridgehead atoms. The number of halogens is 1. The largest absolute Gasteiger partial charge is 0.396 e. The Morgan fingerprint density at radius 1 is 1.40 bits per heavy atom. The minimum absolute atomic E-state index is 0.690. The van der Waals surface area contributed by atoms with E-state index in [2.05, 4.69) is 26.0 Å². The summed E-state index contributed by atoms with van der Waals surface area (Å²) in [5.74, 6) is 0. The van der Waals surface area contributed by atoms with E-state index < -0.39 is 0 Å². The first-order valence-corrected chi connectivity index (χ1v) is 5.33. The number of pyridine rings is 1. The standard InChI is InChI=1S/C10H11BrN4/c1-7-10(12)5-14-15(7)6-8-2-9(11)4-13-3-8/h2-5H,6,12H2,1H3. The lowest BCUT2D eigenvalue weighted by molar-refractivity contribution is 0.663. The molecule has 0 fully saturated rings. The van der Waals surface area contributed by atoms with Crippen LogP contribution in [0.25, 0.3) is 0 Å². The zero-order valence-electron chi connectivity index (χ0n) is 8.31. The van der Waals surface area contributed by atoms with E-state index in [1.54, 1.807) is 12.4 Å². The summed E-state index contributed by atoms with van der Waals surface area (Å²) in [5.41, 5.74) is 8.51.